The molecular formula is C15H18. The van der Waals surface area contributed by atoms with Crippen LogP contribution in [0.15, 0.2) is 48.6 Å². The third-order valence-electron chi connectivity index (χ3n) is 2.95. The van der Waals surface area contributed by atoms with Crippen molar-refractivity contribution in [2.75, 3.05) is 0 Å². The monoisotopic (exact) mass is 198 g/mol. The van der Waals surface area contributed by atoms with Crippen LogP contribution in [0.3, 0.4) is 0 Å². The summed E-state index contributed by atoms with van der Waals surface area (Å²) in [6, 6.07) is 9.02. The second kappa shape index (κ2) is 4.48. The van der Waals surface area contributed by atoms with Gasteiger partial charge in [-0.1, -0.05) is 62.4 Å². The van der Waals surface area contributed by atoms with Gasteiger partial charge in [0.15, 0.2) is 0 Å². The van der Waals surface area contributed by atoms with E-state index in [0.717, 1.165) is 6.42 Å². The summed E-state index contributed by atoms with van der Waals surface area (Å²) in [6.45, 7) is 4.47. The minimum absolute atomic E-state index is 0.606. The van der Waals surface area contributed by atoms with Gasteiger partial charge in [0, 0.05) is 0 Å². The predicted octanol–water partition coefficient (Wildman–Crippen LogP) is 4.09. The SMILES string of the molecule is CC(C)c1ccc(CC2C=CC=C2)cc1. The number of benzene rings is 1. The lowest BCUT2D eigenvalue weighted by Gasteiger charge is -2.08. The zero-order chi connectivity index (χ0) is 10.7. The highest BCUT2D eigenvalue weighted by Crippen LogP contribution is 2.19. The molecule has 0 heteroatoms. The first-order valence-electron chi connectivity index (χ1n) is 5.69. The summed E-state index contributed by atoms with van der Waals surface area (Å²) in [7, 11) is 0. The Bertz CT molecular complexity index is 354. The van der Waals surface area contributed by atoms with Gasteiger partial charge < -0.3 is 0 Å². The Balaban J connectivity index is 2.03. The van der Waals surface area contributed by atoms with Gasteiger partial charge in [0.1, 0.15) is 0 Å². The van der Waals surface area contributed by atoms with E-state index < -0.39 is 0 Å². The molecule has 0 fully saturated rings. The Kier molecular flexibility index (Phi) is 3.05. The molecular weight excluding hydrogens is 180 g/mol. The molecule has 1 aromatic rings. The number of rotatable bonds is 3. The van der Waals surface area contributed by atoms with E-state index in [1.807, 2.05) is 0 Å². The number of hydrogen-bond acceptors (Lipinski definition) is 0. The summed E-state index contributed by atoms with van der Waals surface area (Å²) in [6.07, 6.45) is 9.92. The number of hydrogen-bond donors (Lipinski definition) is 0. The zero-order valence-corrected chi connectivity index (χ0v) is 9.48. The molecule has 0 heterocycles. The molecule has 0 saturated carbocycles. The molecule has 0 aromatic heterocycles. The van der Waals surface area contributed by atoms with Gasteiger partial charge in [-0.3, -0.25) is 0 Å². The van der Waals surface area contributed by atoms with Crippen LogP contribution < -0.4 is 0 Å². The van der Waals surface area contributed by atoms with Gasteiger partial charge in [0.25, 0.3) is 0 Å². The summed E-state index contributed by atoms with van der Waals surface area (Å²) in [5, 5.41) is 0. The van der Waals surface area contributed by atoms with E-state index in [0.29, 0.717) is 11.8 Å². The second-order valence-electron chi connectivity index (χ2n) is 4.53. The van der Waals surface area contributed by atoms with Crippen molar-refractivity contribution in [1.82, 2.24) is 0 Å². The first-order chi connectivity index (χ1) is 7.25. The van der Waals surface area contributed by atoms with Crippen molar-refractivity contribution in [3.63, 3.8) is 0 Å². The van der Waals surface area contributed by atoms with E-state index in [9.17, 15) is 0 Å². The minimum Gasteiger partial charge on any atom is -0.0773 e. The highest BCUT2D eigenvalue weighted by atomic mass is 14.1. The zero-order valence-electron chi connectivity index (χ0n) is 9.48. The summed E-state index contributed by atoms with van der Waals surface area (Å²) < 4.78 is 0. The van der Waals surface area contributed by atoms with E-state index in [-0.39, 0.29) is 0 Å². The molecule has 0 amide bonds. The first-order valence-corrected chi connectivity index (χ1v) is 5.69. The van der Waals surface area contributed by atoms with E-state index >= 15 is 0 Å². The molecule has 2 rings (SSSR count). The molecule has 0 aliphatic heterocycles. The summed E-state index contributed by atoms with van der Waals surface area (Å²) >= 11 is 0. The molecule has 0 N–H and O–H groups in total. The fourth-order valence-electron chi connectivity index (χ4n) is 1.92. The van der Waals surface area contributed by atoms with Crippen LogP contribution in [0.1, 0.15) is 30.9 Å². The van der Waals surface area contributed by atoms with Crippen molar-refractivity contribution < 1.29 is 0 Å². The Hall–Kier alpha value is -1.30. The molecule has 0 saturated heterocycles. The Morgan fingerprint density at radius 1 is 1.00 bits per heavy atom. The third kappa shape index (κ3) is 2.59. The Morgan fingerprint density at radius 2 is 1.60 bits per heavy atom. The fourth-order valence-corrected chi connectivity index (χ4v) is 1.92. The van der Waals surface area contributed by atoms with Gasteiger partial charge >= 0.3 is 0 Å². The van der Waals surface area contributed by atoms with Crippen molar-refractivity contribution >= 4 is 0 Å². The van der Waals surface area contributed by atoms with Crippen molar-refractivity contribution in [2.24, 2.45) is 5.92 Å². The minimum atomic E-state index is 0.606. The predicted molar refractivity (Wildman–Crippen MR) is 66.0 cm³/mol. The van der Waals surface area contributed by atoms with Gasteiger partial charge in [0.05, 0.1) is 0 Å². The molecule has 1 aliphatic carbocycles. The van der Waals surface area contributed by atoms with Crippen LogP contribution in [0.5, 0.6) is 0 Å². The topological polar surface area (TPSA) is 0 Å². The van der Waals surface area contributed by atoms with Crippen LogP contribution in [0.2, 0.25) is 0 Å². The van der Waals surface area contributed by atoms with Gasteiger partial charge in [-0.05, 0) is 29.4 Å². The summed E-state index contributed by atoms with van der Waals surface area (Å²) in [4.78, 5) is 0. The quantitative estimate of drug-likeness (QED) is 0.686. The third-order valence-corrected chi connectivity index (χ3v) is 2.95. The summed E-state index contributed by atoms with van der Waals surface area (Å²) in [5.41, 5.74) is 2.86. The molecule has 0 spiro atoms. The van der Waals surface area contributed by atoms with Crippen molar-refractivity contribution in [3.05, 3.63) is 59.7 Å². The smallest absolute Gasteiger partial charge is 0.000683 e. The lowest BCUT2D eigenvalue weighted by molar-refractivity contribution is 0.811. The van der Waals surface area contributed by atoms with Gasteiger partial charge in [0.2, 0.25) is 0 Å². The highest BCUT2D eigenvalue weighted by molar-refractivity contribution is 5.27. The molecule has 0 atom stereocenters. The normalized spacial score (nSPS) is 15.4. The lowest BCUT2D eigenvalue weighted by atomic mass is 9.97. The van der Waals surface area contributed by atoms with Crippen LogP contribution in [-0.4, -0.2) is 0 Å². The van der Waals surface area contributed by atoms with Gasteiger partial charge in [-0.15, -0.1) is 0 Å². The molecule has 1 aromatic carbocycles. The molecule has 1 aliphatic rings. The fraction of sp³-hybridized carbons (Fsp3) is 0.333. The molecule has 0 nitrogen and oxygen atoms in total. The number of allylic oxidation sites excluding steroid dienone is 4. The summed E-state index contributed by atoms with van der Waals surface area (Å²) in [5.74, 6) is 1.24. The average Bonchev–Trinajstić information content (AvgIpc) is 2.71. The first kappa shape index (κ1) is 10.2. The van der Waals surface area contributed by atoms with Gasteiger partial charge in [-0.25, -0.2) is 0 Å². The molecule has 0 radical (unpaired) electrons. The maximum atomic E-state index is 2.26. The van der Waals surface area contributed by atoms with Crippen LogP contribution in [0, 0.1) is 5.92 Å². The molecule has 78 valence electrons. The van der Waals surface area contributed by atoms with E-state index in [1.54, 1.807) is 0 Å². The lowest BCUT2D eigenvalue weighted by Crippen LogP contribution is -1.96. The van der Waals surface area contributed by atoms with E-state index in [4.69, 9.17) is 0 Å². The maximum Gasteiger partial charge on any atom is -0.000683 e. The Morgan fingerprint density at radius 3 is 2.13 bits per heavy atom. The van der Waals surface area contributed by atoms with Gasteiger partial charge in [-0.2, -0.15) is 0 Å². The molecule has 0 bridgehead atoms. The van der Waals surface area contributed by atoms with E-state index in [2.05, 4.69) is 62.4 Å². The van der Waals surface area contributed by atoms with Crippen LogP contribution >= 0.6 is 0 Å². The standard InChI is InChI=1S/C15H18/c1-12(2)15-9-7-14(8-10-15)11-13-5-3-4-6-13/h3-10,12-13H,11H2,1-2H3. The second-order valence-corrected chi connectivity index (χ2v) is 4.53. The van der Waals surface area contributed by atoms with Crippen LogP contribution in [0.25, 0.3) is 0 Å². The van der Waals surface area contributed by atoms with E-state index in [1.165, 1.54) is 11.1 Å². The average molecular weight is 198 g/mol. The molecule has 15 heavy (non-hydrogen) atoms. The largest absolute Gasteiger partial charge is 0.0773 e. The van der Waals surface area contributed by atoms with Crippen molar-refractivity contribution in [2.45, 2.75) is 26.2 Å². The highest BCUT2D eigenvalue weighted by Gasteiger charge is 2.05. The Labute approximate surface area is 92.3 Å². The van der Waals surface area contributed by atoms with Crippen molar-refractivity contribution in [1.29, 1.82) is 0 Å². The van der Waals surface area contributed by atoms with Crippen LogP contribution in [0.4, 0.5) is 0 Å². The maximum absolute atomic E-state index is 2.26. The van der Waals surface area contributed by atoms with Crippen molar-refractivity contribution in [3.8, 4) is 0 Å². The van der Waals surface area contributed by atoms with Crippen LogP contribution in [-0.2, 0) is 6.42 Å². The molecule has 0 unspecified atom stereocenters.